The summed E-state index contributed by atoms with van der Waals surface area (Å²) in [6.07, 6.45) is 5.51. The zero-order valence-electron chi connectivity index (χ0n) is 16.4. The van der Waals surface area contributed by atoms with Crippen LogP contribution in [-0.4, -0.2) is 43.0 Å². The molecule has 1 amide bonds. The van der Waals surface area contributed by atoms with E-state index in [4.69, 9.17) is 0 Å². The maximum atomic E-state index is 12.9. The van der Waals surface area contributed by atoms with Crippen molar-refractivity contribution in [1.29, 1.82) is 0 Å². The molecule has 0 aromatic heterocycles. The van der Waals surface area contributed by atoms with Gasteiger partial charge in [-0.1, -0.05) is 55.8 Å². The minimum absolute atomic E-state index is 0.186. The molecular formula is C24H31N2O+. The summed E-state index contributed by atoms with van der Waals surface area (Å²) in [6.45, 7) is 6.37. The molecular weight excluding hydrogens is 332 g/mol. The molecule has 0 spiro atoms. The number of nitrogens with zero attached hydrogens (tertiary/aromatic N) is 1. The van der Waals surface area contributed by atoms with Crippen LogP contribution in [0, 0.1) is 5.92 Å². The van der Waals surface area contributed by atoms with Gasteiger partial charge in [-0.05, 0) is 42.0 Å². The topological polar surface area (TPSA) is 24.8 Å². The molecule has 3 heteroatoms. The van der Waals surface area contributed by atoms with Crippen LogP contribution in [0.2, 0.25) is 0 Å². The molecule has 0 unspecified atom stereocenters. The molecule has 1 aliphatic heterocycles. The Morgan fingerprint density at radius 2 is 1.59 bits per heavy atom. The van der Waals surface area contributed by atoms with Gasteiger partial charge in [0.1, 0.15) is 0 Å². The van der Waals surface area contributed by atoms with Gasteiger partial charge in [0.2, 0.25) is 0 Å². The van der Waals surface area contributed by atoms with E-state index in [1.165, 1.54) is 31.2 Å². The molecule has 4 rings (SSSR count). The summed E-state index contributed by atoms with van der Waals surface area (Å²) in [6, 6.07) is 19.2. The van der Waals surface area contributed by atoms with Crippen LogP contribution in [0.1, 0.15) is 43.0 Å². The lowest BCUT2D eigenvalue weighted by atomic mass is 9.86. The van der Waals surface area contributed by atoms with Crippen molar-refractivity contribution in [2.45, 2.75) is 38.6 Å². The first-order valence-corrected chi connectivity index (χ1v) is 10.5. The van der Waals surface area contributed by atoms with Crippen molar-refractivity contribution >= 4 is 5.91 Å². The Hall–Kier alpha value is -2.13. The van der Waals surface area contributed by atoms with Gasteiger partial charge in [0.15, 0.2) is 0 Å². The monoisotopic (exact) mass is 363 g/mol. The molecule has 3 nitrogen and oxygen atoms in total. The standard InChI is InChI=1S/C24H30N2O/c1-19-6-5-9-23(18-19)25-14-16-26(17-15-25)24(27)22-12-10-21(11-13-22)20-7-3-2-4-8-20/h2-4,7-8,10-13,19,23H,5-6,9,14-18H2,1H3/p+1/t19-,23-/m1/s1. The normalized spacial score (nSPS) is 24.0. The maximum absolute atomic E-state index is 12.9. The van der Waals surface area contributed by atoms with Crippen LogP contribution in [0.4, 0.5) is 0 Å². The van der Waals surface area contributed by atoms with E-state index in [-0.39, 0.29) is 5.91 Å². The SMILES string of the molecule is C[C@@H]1CCC[C@@H]([NH+]2CCN(C(=O)c3ccc(-c4ccccc4)cc3)CC2)C1. The van der Waals surface area contributed by atoms with E-state index in [0.717, 1.165) is 49.3 Å². The molecule has 0 radical (unpaired) electrons. The molecule has 1 N–H and O–H groups in total. The van der Waals surface area contributed by atoms with Gasteiger partial charge in [-0.25, -0.2) is 0 Å². The first-order valence-electron chi connectivity index (χ1n) is 10.5. The Morgan fingerprint density at radius 3 is 2.26 bits per heavy atom. The Labute approximate surface area is 163 Å². The van der Waals surface area contributed by atoms with Gasteiger partial charge in [-0.2, -0.15) is 0 Å². The summed E-state index contributed by atoms with van der Waals surface area (Å²) in [4.78, 5) is 16.7. The fourth-order valence-electron chi connectivity index (χ4n) is 4.83. The van der Waals surface area contributed by atoms with Gasteiger partial charge in [-0.15, -0.1) is 0 Å². The quantitative estimate of drug-likeness (QED) is 0.889. The van der Waals surface area contributed by atoms with Crippen molar-refractivity contribution in [3.63, 3.8) is 0 Å². The molecule has 0 bridgehead atoms. The van der Waals surface area contributed by atoms with Crippen LogP contribution >= 0.6 is 0 Å². The van der Waals surface area contributed by atoms with Gasteiger partial charge in [0.05, 0.1) is 32.2 Å². The highest BCUT2D eigenvalue weighted by molar-refractivity contribution is 5.94. The van der Waals surface area contributed by atoms with E-state index in [9.17, 15) is 4.79 Å². The van der Waals surface area contributed by atoms with E-state index in [1.54, 1.807) is 4.90 Å². The zero-order chi connectivity index (χ0) is 18.6. The number of carbonyl (C=O) groups is 1. The minimum Gasteiger partial charge on any atom is -0.330 e. The first kappa shape index (κ1) is 18.2. The van der Waals surface area contributed by atoms with Crippen molar-refractivity contribution in [1.82, 2.24) is 4.90 Å². The van der Waals surface area contributed by atoms with E-state index < -0.39 is 0 Å². The molecule has 1 saturated carbocycles. The van der Waals surface area contributed by atoms with Crippen molar-refractivity contribution in [3.8, 4) is 11.1 Å². The van der Waals surface area contributed by atoms with E-state index in [1.807, 2.05) is 35.2 Å². The van der Waals surface area contributed by atoms with Crippen LogP contribution in [0.3, 0.4) is 0 Å². The number of piperazine rings is 1. The smallest absolute Gasteiger partial charge is 0.254 e. The lowest BCUT2D eigenvalue weighted by Crippen LogP contribution is -3.18. The van der Waals surface area contributed by atoms with Gasteiger partial charge < -0.3 is 9.80 Å². The van der Waals surface area contributed by atoms with Gasteiger partial charge in [-0.3, -0.25) is 4.79 Å². The molecule has 27 heavy (non-hydrogen) atoms. The van der Waals surface area contributed by atoms with Crippen LogP contribution < -0.4 is 4.90 Å². The first-order chi connectivity index (χ1) is 13.2. The van der Waals surface area contributed by atoms with E-state index in [2.05, 4.69) is 31.2 Å². The van der Waals surface area contributed by atoms with Crippen molar-refractivity contribution in [2.75, 3.05) is 26.2 Å². The largest absolute Gasteiger partial charge is 0.330 e. The summed E-state index contributed by atoms with van der Waals surface area (Å²) < 4.78 is 0. The molecule has 2 aromatic carbocycles. The molecule has 142 valence electrons. The third-order valence-corrected chi connectivity index (χ3v) is 6.45. The van der Waals surface area contributed by atoms with Crippen LogP contribution in [-0.2, 0) is 0 Å². The van der Waals surface area contributed by atoms with Crippen molar-refractivity contribution in [3.05, 3.63) is 60.2 Å². The molecule has 2 aliphatic rings. The third-order valence-electron chi connectivity index (χ3n) is 6.45. The van der Waals surface area contributed by atoms with Crippen molar-refractivity contribution < 1.29 is 9.69 Å². The van der Waals surface area contributed by atoms with Gasteiger partial charge >= 0.3 is 0 Å². The predicted molar refractivity (Wildman–Crippen MR) is 110 cm³/mol. The number of carbonyl (C=O) groups excluding carboxylic acids is 1. The summed E-state index contributed by atoms with van der Waals surface area (Å²) in [5, 5.41) is 0. The molecule has 2 atom stereocenters. The zero-order valence-corrected chi connectivity index (χ0v) is 16.4. The second-order valence-corrected chi connectivity index (χ2v) is 8.36. The van der Waals surface area contributed by atoms with E-state index >= 15 is 0 Å². The van der Waals surface area contributed by atoms with Crippen LogP contribution in [0.15, 0.2) is 54.6 Å². The summed E-state index contributed by atoms with van der Waals surface area (Å²) >= 11 is 0. The van der Waals surface area contributed by atoms with Gasteiger partial charge in [0, 0.05) is 12.0 Å². The number of hydrogen-bond donors (Lipinski definition) is 1. The number of nitrogens with one attached hydrogen (secondary N) is 1. The highest BCUT2D eigenvalue weighted by Gasteiger charge is 2.32. The average molecular weight is 364 g/mol. The summed E-state index contributed by atoms with van der Waals surface area (Å²) in [5.41, 5.74) is 3.16. The summed E-state index contributed by atoms with van der Waals surface area (Å²) in [7, 11) is 0. The fraction of sp³-hybridized carbons (Fsp3) is 0.458. The lowest BCUT2D eigenvalue weighted by molar-refractivity contribution is -0.930. The average Bonchev–Trinajstić information content (AvgIpc) is 2.74. The third kappa shape index (κ3) is 4.24. The molecule has 2 aromatic rings. The molecule has 1 heterocycles. The van der Waals surface area contributed by atoms with Crippen LogP contribution in [0.25, 0.3) is 11.1 Å². The second-order valence-electron chi connectivity index (χ2n) is 8.36. The lowest BCUT2D eigenvalue weighted by Gasteiger charge is -2.39. The maximum Gasteiger partial charge on any atom is 0.254 e. The Bertz CT molecular complexity index is 748. The van der Waals surface area contributed by atoms with Crippen molar-refractivity contribution in [2.24, 2.45) is 5.92 Å². The minimum atomic E-state index is 0.186. The molecule has 2 fully saturated rings. The molecule has 1 saturated heterocycles. The Kier molecular flexibility index (Phi) is 5.58. The number of benzene rings is 2. The number of quaternary nitrogens is 1. The molecule has 1 aliphatic carbocycles. The summed E-state index contributed by atoms with van der Waals surface area (Å²) in [5.74, 6) is 1.06. The number of amides is 1. The Morgan fingerprint density at radius 1 is 0.926 bits per heavy atom. The fourth-order valence-corrected chi connectivity index (χ4v) is 4.83. The Balaban J connectivity index is 1.35. The second kappa shape index (κ2) is 8.26. The number of hydrogen-bond acceptors (Lipinski definition) is 1. The van der Waals surface area contributed by atoms with E-state index in [0.29, 0.717) is 0 Å². The van der Waals surface area contributed by atoms with Crippen LogP contribution in [0.5, 0.6) is 0 Å². The highest BCUT2D eigenvalue weighted by atomic mass is 16.2. The highest BCUT2D eigenvalue weighted by Crippen LogP contribution is 2.22. The number of rotatable bonds is 3. The van der Waals surface area contributed by atoms with Gasteiger partial charge in [0.25, 0.3) is 5.91 Å². The predicted octanol–water partition coefficient (Wildman–Crippen LogP) is 3.27.